The summed E-state index contributed by atoms with van der Waals surface area (Å²) in [5.74, 6) is -1.15. The predicted molar refractivity (Wildman–Crippen MR) is 65.6 cm³/mol. The zero-order valence-electron chi connectivity index (χ0n) is 10.3. The van der Waals surface area contributed by atoms with Crippen LogP contribution in [-0.4, -0.2) is 31.1 Å². The Morgan fingerprint density at radius 3 is 2.58 bits per heavy atom. The van der Waals surface area contributed by atoms with Crippen molar-refractivity contribution in [3.05, 3.63) is 29.8 Å². The molecule has 19 heavy (non-hydrogen) atoms. The van der Waals surface area contributed by atoms with Crippen LogP contribution in [0.3, 0.4) is 0 Å². The topological polar surface area (TPSA) is 108 Å². The summed E-state index contributed by atoms with van der Waals surface area (Å²) in [5.41, 5.74) is 4.95. The van der Waals surface area contributed by atoms with E-state index in [2.05, 4.69) is 0 Å². The molecule has 0 saturated carbocycles. The monoisotopic (exact) mass is 266 g/mol. The Bertz CT molecular complexity index is 487. The number of urea groups is 1. The van der Waals surface area contributed by atoms with E-state index in [9.17, 15) is 14.4 Å². The fourth-order valence-electron chi connectivity index (χ4n) is 1.30. The van der Waals surface area contributed by atoms with E-state index in [1.807, 2.05) is 0 Å². The van der Waals surface area contributed by atoms with E-state index >= 15 is 0 Å². The number of carbonyl (C=O) groups is 3. The molecular formula is C12H14N2O5. The molecule has 7 heteroatoms. The number of esters is 1. The van der Waals surface area contributed by atoms with Crippen LogP contribution in [0, 0.1) is 0 Å². The Morgan fingerprint density at radius 2 is 1.95 bits per heavy atom. The Balaban J connectivity index is 2.63. The van der Waals surface area contributed by atoms with Crippen LogP contribution in [0.25, 0.3) is 0 Å². The molecule has 0 heterocycles. The van der Waals surface area contributed by atoms with Crippen LogP contribution >= 0.6 is 0 Å². The molecule has 3 amide bonds. The van der Waals surface area contributed by atoms with Crippen LogP contribution in [0.15, 0.2) is 24.3 Å². The minimum atomic E-state index is -1.00. The maximum absolute atomic E-state index is 11.7. The number of carbonyl (C=O) groups excluding carboxylic acids is 3. The lowest BCUT2D eigenvalue weighted by molar-refractivity contribution is -0.123. The average Bonchev–Trinajstić information content (AvgIpc) is 2.36. The molecule has 0 aliphatic carbocycles. The number of amides is 3. The second-order valence-electron chi connectivity index (χ2n) is 3.42. The highest BCUT2D eigenvalue weighted by Crippen LogP contribution is 2.18. The summed E-state index contributed by atoms with van der Waals surface area (Å²) in [6.07, 6.45) is 0. The summed E-state index contributed by atoms with van der Waals surface area (Å²) in [7, 11) is 0. The summed E-state index contributed by atoms with van der Waals surface area (Å²) in [6.45, 7) is 1.58. The van der Waals surface area contributed by atoms with E-state index in [-0.39, 0.29) is 5.56 Å². The van der Waals surface area contributed by atoms with Gasteiger partial charge in [-0.2, -0.15) is 0 Å². The molecule has 0 aromatic heterocycles. The van der Waals surface area contributed by atoms with Crippen molar-refractivity contribution >= 4 is 17.9 Å². The summed E-state index contributed by atoms with van der Waals surface area (Å²) >= 11 is 0. The SMILES string of the molecule is CCOc1ccccc1C(=O)OCC(=O)NC(N)=O. The molecule has 0 bridgehead atoms. The van der Waals surface area contributed by atoms with Crippen molar-refractivity contribution in [3.8, 4) is 5.75 Å². The third kappa shape index (κ3) is 4.66. The first kappa shape index (κ1) is 14.5. The molecule has 0 aliphatic heterocycles. The van der Waals surface area contributed by atoms with Crippen molar-refractivity contribution in [2.75, 3.05) is 13.2 Å². The number of ether oxygens (including phenoxy) is 2. The van der Waals surface area contributed by atoms with Gasteiger partial charge in [0.15, 0.2) is 6.61 Å². The largest absolute Gasteiger partial charge is 0.493 e. The van der Waals surface area contributed by atoms with Gasteiger partial charge in [0.25, 0.3) is 5.91 Å². The van der Waals surface area contributed by atoms with Crippen molar-refractivity contribution in [1.82, 2.24) is 5.32 Å². The van der Waals surface area contributed by atoms with Crippen LogP contribution in [0.2, 0.25) is 0 Å². The third-order valence-electron chi connectivity index (χ3n) is 2.00. The van der Waals surface area contributed by atoms with Crippen LogP contribution < -0.4 is 15.8 Å². The van der Waals surface area contributed by atoms with Gasteiger partial charge in [-0.25, -0.2) is 9.59 Å². The molecule has 7 nitrogen and oxygen atoms in total. The van der Waals surface area contributed by atoms with Crippen LogP contribution in [0.4, 0.5) is 4.79 Å². The normalized spacial score (nSPS) is 9.53. The molecule has 3 N–H and O–H groups in total. The molecule has 0 saturated heterocycles. The fraction of sp³-hybridized carbons (Fsp3) is 0.250. The first-order valence-electron chi connectivity index (χ1n) is 5.52. The van der Waals surface area contributed by atoms with Crippen molar-refractivity contribution in [3.63, 3.8) is 0 Å². The highest BCUT2D eigenvalue weighted by atomic mass is 16.5. The fourth-order valence-corrected chi connectivity index (χ4v) is 1.30. The molecule has 1 aromatic carbocycles. The zero-order chi connectivity index (χ0) is 14.3. The van der Waals surface area contributed by atoms with Gasteiger partial charge in [0.05, 0.1) is 6.61 Å². The van der Waals surface area contributed by atoms with Crippen molar-refractivity contribution in [2.45, 2.75) is 6.92 Å². The van der Waals surface area contributed by atoms with Gasteiger partial charge in [-0.1, -0.05) is 12.1 Å². The molecular weight excluding hydrogens is 252 g/mol. The molecule has 1 rings (SSSR count). The maximum atomic E-state index is 11.7. The van der Waals surface area contributed by atoms with Gasteiger partial charge in [0.1, 0.15) is 11.3 Å². The summed E-state index contributed by atoms with van der Waals surface area (Å²) < 4.78 is 9.99. The van der Waals surface area contributed by atoms with E-state index in [0.717, 1.165) is 0 Å². The summed E-state index contributed by atoms with van der Waals surface area (Å²) in [6, 6.07) is 5.48. The van der Waals surface area contributed by atoms with E-state index < -0.39 is 24.5 Å². The number of rotatable bonds is 5. The lowest BCUT2D eigenvalue weighted by atomic mass is 10.2. The Hall–Kier alpha value is -2.57. The molecule has 0 aliphatic rings. The second kappa shape index (κ2) is 7.00. The molecule has 0 spiro atoms. The number of hydrogen-bond acceptors (Lipinski definition) is 5. The van der Waals surface area contributed by atoms with Crippen LogP contribution in [-0.2, 0) is 9.53 Å². The minimum Gasteiger partial charge on any atom is -0.493 e. The first-order chi connectivity index (χ1) is 9.04. The number of primary amides is 1. The van der Waals surface area contributed by atoms with Crippen LogP contribution in [0.1, 0.15) is 17.3 Å². The highest BCUT2D eigenvalue weighted by Gasteiger charge is 2.15. The highest BCUT2D eigenvalue weighted by molar-refractivity contribution is 5.97. The van der Waals surface area contributed by atoms with Gasteiger partial charge in [-0.05, 0) is 19.1 Å². The quantitative estimate of drug-likeness (QED) is 0.752. The number of nitrogens with two attached hydrogens (primary N) is 1. The van der Waals surface area contributed by atoms with Crippen molar-refractivity contribution in [1.29, 1.82) is 0 Å². The number of imide groups is 1. The molecule has 0 unspecified atom stereocenters. The zero-order valence-corrected chi connectivity index (χ0v) is 10.3. The molecule has 0 atom stereocenters. The van der Waals surface area contributed by atoms with Crippen LogP contribution in [0.5, 0.6) is 5.75 Å². The van der Waals surface area contributed by atoms with Gasteiger partial charge < -0.3 is 15.2 Å². The lowest BCUT2D eigenvalue weighted by Gasteiger charge is -2.09. The minimum absolute atomic E-state index is 0.205. The first-order valence-corrected chi connectivity index (χ1v) is 5.52. The van der Waals surface area contributed by atoms with Gasteiger partial charge in [-0.15, -0.1) is 0 Å². The Labute approximate surface area is 109 Å². The third-order valence-corrected chi connectivity index (χ3v) is 2.00. The summed E-state index contributed by atoms with van der Waals surface area (Å²) in [4.78, 5) is 33.2. The second-order valence-corrected chi connectivity index (χ2v) is 3.42. The summed E-state index contributed by atoms with van der Waals surface area (Å²) in [5, 5.41) is 1.78. The number of para-hydroxylation sites is 1. The van der Waals surface area contributed by atoms with Gasteiger partial charge in [0, 0.05) is 0 Å². The number of nitrogens with one attached hydrogen (secondary N) is 1. The predicted octanol–water partition coefficient (Wildman–Crippen LogP) is 0.437. The Kier molecular flexibility index (Phi) is 5.34. The molecule has 0 radical (unpaired) electrons. The maximum Gasteiger partial charge on any atom is 0.342 e. The van der Waals surface area contributed by atoms with Gasteiger partial charge in [-0.3, -0.25) is 10.1 Å². The molecule has 0 fully saturated rings. The lowest BCUT2D eigenvalue weighted by Crippen LogP contribution is -2.37. The van der Waals surface area contributed by atoms with E-state index in [1.54, 1.807) is 30.4 Å². The standard InChI is InChI=1S/C12H14N2O5/c1-2-18-9-6-4-3-5-8(9)11(16)19-7-10(15)14-12(13)17/h3-6H,2,7H2,1H3,(H3,13,14,15,17). The molecule has 1 aromatic rings. The molecule has 102 valence electrons. The Morgan fingerprint density at radius 1 is 1.26 bits per heavy atom. The number of benzene rings is 1. The number of hydrogen-bond donors (Lipinski definition) is 2. The van der Waals surface area contributed by atoms with E-state index in [0.29, 0.717) is 12.4 Å². The average molecular weight is 266 g/mol. The smallest absolute Gasteiger partial charge is 0.342 e. The van der Waals surface area contributed by atoms with Crippen molar-refractivity contribution < 1.29 is 23.9 Å². The van der Waals surface area contributed by atoms with Gasteiger partial charge in [0.2, 0.25) is 0 Å². The van der Waals surface area contributed by atoms with Gasteiger partial charge >= 0.3 is 12.0 Å². The van der Waals surface area contributed by atoms with E-state index in [1.165, 1.54) is 6.07 Å². The van der Waals surface area contributed by atoms with Crippen molar-refractivity contribution in [2.24, 2.45) is 5.73 Å². The van der Waals surface area contributed by atoms with E-state index in [4.69, 9.17) is 15.2 Å².